The summed E-state index contributed by atoms with van der Waals surface area (Å²) in [4.78, 5) is 14.7. The zero-order valence-corrected chi connectivity index (χ0v) is 19.4. The molecular weight excluding hydrogens is 410 g/mol. The number of fused-ring (bicyclic) bond motifs is 1. The van der Waals surface area contributed by atoms with E-state index in [4.69, 9.17) is 19.1 Å². The number of aryl methyl sites for hydroxylation is 1. The van der Waals surface area contributed by atoms with Gasteiger partial charge in [0.25, 0.3) is 0 Å². The van der Waals surface area contributed by atoms with Crippen LogP contribution in [0.4, 0.5) is 4.79 Å². The molecule has 8 nitrogen and oxygen atoms in total. The minimum atomic E-state index is -0.813. The van der Waals surface area contributed by atoms with E-state index in [9.17, 15) is 4.79 Å². The van der Waals surface area contributed by atoms with E-state index in [0.29, 0.717) is 32.2 Å². The fourth-order valence-corrected chi connectivity index (χ4v) is 4.67. The van der Waals surface area contributed by atoms with Gasteiger partial charge in [-0.3, -0.25) is 0 Å². The molecule has 1 aliphatic heterocycles. The van der Waals surface area contributed by atoms with Crippen molar-refractivity contribution in [2.24, 2.45) is 11.3 Å². The molecule has 176 valence electrons. The maximum atomic E-state index is 11.1. The highest BCUT2D eigenvalue weighted by atomic mass is 16.5. The third-order valence-electron chi connectivity index (χ3n) is 6.87. The smallest absolute Gasteiger partial charge is 0.407 e. The van der Waals surface area contributed by atoms with Crippen molar-refractivity contribution in [3.63, 3.8) is 0 Å². The maximum Gasteiger partial charge on any atom is 0.407 e. The van der Waals surface area contributed by atoms with E-state index < -0.39 is 6.09 Å². The lowest BCUT2D eigenvalue weighted by atomic mass is 9.91. The number of hydrogen-bond donors (Lipinski definition) is 1. The van der Waals surface area contributed by atoms with Crippen LogP contribution >= 0.6 is 0 Å². The van der Waals surface area contributed by atoms with Crippen LogP contribution in [0.2, 0.25) is 0 Å². The molecule has 4 rings (SSSR count). The number of likely N-dealkylation sites (tertiary alicyclic amines) is 1. The molecule has 1 saturated carbocycles. The van der Waals surface area contributed by atoms with Crippen molar-refractivity contribution in [3.05, 3.63) is 23.4 Å². The predicted octanol–water partition coefficient (Wildman–Crippen LogP) is 4.02. The largest absolute Gasteiger partial charge is 0.492 e. The molecule has 1 aliphatic carbocycles. The zero-order chi connectivity index (χ0) is 22.7. The Morgan fingerprint density at radius 2 is 2.03 bits per heavy atom. The lowest BCUT2D eigenvalue weighted by Gasteiger charge is -2.29. The molecule has 2 fully saturated rings. The monoisotopic (exact) mass is 445 g/mol. The normalized spacial score (nSPS) is 18.4. The van der Waals surface area contributed by atoms with Gasteiger partial charge in [0.05, 0.1) is 24.5 Å². The number of ether oxygens (including phenoxy) is 2. The summed E-state index contributed by atoms with van der Waals surface area (Å²) in [6, 6.07) is 4.12. The second kappa shape index (κ2) is 9.67. The van der Waals surface area contributed by atoms with Crippen molar-refractivity contribution in [1.29, 1.82) is 0 Å². The van der Waals surface area contributed by atoms with Crippen molar-refractivity contribution in [2.75, 3.05) is 47.5 Å². The molecule has 1 aromatic carbocycles. The van der Waals surface area contributed by atoms with Crippen LogP contribution in [0.1, 0.15) is 43.4 Å². The first-order valence-corrected chi connectivity index (χ1v) is 11.6. The van der Waals surface area contributed by atoms with Crippen LogP contribution in [0.5, 0.6) is 5.75 Å². The summed E-state index contributed by atoms with van der Waals surface area (Å²) in [5, 5.41) is 14.6. The first kappa shape index (κ1) is 22.9. The molecule has 2 aromatic rings. The number of nitrogens with zero attached hydrogens (tertiary/aromatic N) is 3. The molecule has 1 saturated heterocycles. The van der Waals surface area contributed by atoms with E-state index in [1.807, 2.05) is 14.1 Å². The molecule has 0 spiro atoms. The minimum Gasteiger partial charge on any atom is -0.492 e. The Morgan fingerprint density at radius 1 is 1.28 bits per heavy atom. The predicted molar refractivity (Wildman–Crippen MR) is 121 cm³/mol. The summed E-state index contributed by atoms with van der Waals surface area (Å²) in [5.74, 6) is 1.38. The molecule has 8 heteroatoms. The van der Waals surface area contributed by atoms with Gasteiger partial charge in [-0.1, -0.05) is 5.16 Å². The van der Waals surface area contributed by atoms with Crippen molar-refractivity contribution < 1.29 is 23.9 Å². The SMILES string of the molecule is COCC1(COc2ccc3c(CCC4CCN(C(=O)O)CC4)noc3c2CN(C)C)CC1. The third kappa shape index (κ3) is 5.18. The van der Waals surface area contributed by atoms with E-state index in [-0.39, 0.29) is 5.41 Å². The van der Waals surface area contributed by atoms with Crippen molar-refractivity contribution in [3.8, 4) is 5.75 Å². The van der Waals surface area contributed by atoms with Crippen molar-refractivity contribution in [2.45, 2.75) is 45.1 Å². The molecule has 1 aromatic heterocycles. The molecule has 2 heterocycles. The highest BCUT2D eigenvalue weighted by Gasteiger charge is 2.43. The van der Waals surface area contributed by atoms with E-state index in [1.165, 1.54) is 4.90 Å². The summed E-state index contributed by atoms with van der Waals surface area (Å²) in [5.41, 5.74) is 2.98. The van der Waals surface area contributed by atoms with E-state index in [1.54, 1.807) is 7.11 Å². The number of benzene rings is 1. The van der Waals surface area contributed by atoms with Gasteiger partial charge in [0.2, 0.25) is 0 Å². The number of aromatic nitrogens is 1. The number of methoxy groups -OCH3 is 1. The van der Waals surface area contributed by atoms with Gasteiger partial charge in [0.15, 0.2) is 5.58 Å². The fourth-order valence-electron chi connectivity index (χ4n) is 4.67. The van der Waals surface area contributed by atoms with Gasteiger partial charge in [-0.2, -0.15) is 0 Å². The molecule has 1 amide bonds. The van der Waals surface area contributed by atoms with Gasteiger partial charge in [0.1, 0.15) is 5.75 Å². The van der Waals surface area contributed by atoms with Gasteiger partial charge in [0, 0.05) is 37.5 Å². The van der Waals surface area contributed by atoms with Crippen molar-refractivity contribution >= 4 is 17.1 Å². The summed E-state index contributed by atoms with van der Waals surface area (Å²) in [6.07, 6.45) is 5.13. The molecule has 32 heavy (non-hydrogen) atoms. The van der Waals surface area contributed by atoms with E-state index in [2.05, 4.69) is 22.2 Å². The molecule has 0 bridgehead atoms. The number of hydrogen-bond acceptors (Lipinski definition) is 6. The number of piperidine rings is 1. The minimum absolute atomic E-state index is 0.155. The van der Waals surface area contributed by atoms with Crippen LogP contribution < -0.4 is 4.74 Å². The summed E-state index contributed by atoms with van der Waals surface area (Å²) >= 11 is 0. The van der Waals surface area contributed by atoms with Gasteiger partial charge < -0.3 is 28.9 Å². The Kier molecular flexibility index (Phi) is 6.90. The van der Waals surface area contributed by atoms with Gasteiger partial charge in [-0.05, 0) is 70.7 Å². The van der Waals surface area contributed by atoms with Crippen LogP contribution in [0.25, 0.3) is 11.0 Å². The average Bonchev–Trinajstić information content (AvgIpc) is 3.41. The Hall–Kier alpha value is -2.32. The van der Waals surface area contributed by atoms with Crippen LogP contribution in [0.3, 0.4) is 0 Å². The molecule has 1 N–H and O–H groups in total. The van der Waals surface area contributed by atoms with Crippen LogP contribution in [-0.4, -0.2) is 73.7 Å². The second-order valence-corrected chi connectivity index (χ2v) is 9.76. The van der Waals surface area contributed by atoms with E-state index in [0.717, 1.165) is 73.1 Å². The first-order valence-electron chi connectivity index (χ1n) is 11.6. The molecule has 0 atom stereocenters. The van der Waals surface area contributed by atoms with E-state index >= 15 is 0 Å². The van der Waals surface area contributed by atoms with Crippen LogP contribution in [0.15, 0.2) is 16.7 Å². The maximum absolute atomic E-state index is 11.1. The van der Waals surface area contributed by atoms with Crippen LogP contribution in [0, 0.1) is 11.3 Å². The number of carboxylic acid groups (broad SMARTS) is 1. The third-order valence-corrected chi connectivity index (χ3v) is 6.87. The Labute approximate surface area is 189 Å². The molecule has 0 unspecified atom stereocenters. The van der Waals surface area contributed by atoms with Crippen LogP contribution in [-0.2, 0) is 17.7 Å². The van der Waals surface area contributed by atoms with Gasteiger partial charge in [-0.25, -0.2) is 4.79 Å². The quantitative estimate of drug-likeness (QED) is 0.591. The Morgan fingerprint density at radius 3 is 2.66 bits per heavy atom. The first-order chi connectivity index (χ1) is 15.4. The standard InChI is InChI=1S/C24H35N3O5/c1-26(2)14-19-21(31-16-24(10-11-24)15-30-3)7-5-18-20(25-32-22(18)19)6-4-17-8-12-27(13-9-17)23(28)29/h5,7,17H,4,6,8-16H2,1-3H3,(H,28,29). The number of amides is 1. The fraction of sp³-hybridized carbons (Fsp3) is 0.667. The highest BCUT2D eigenvalue weighted by Crippen LogP contribution is 2.46. The lowest BCUT2D eigenvalue weighted by Crippen LogP contribution is -2.37. The average molecular weight is 446 g/mol. The van der Waals surface area contributed by atoms with Crippen molar-refractivity contribution in [1.82, 2.24) is 15.0 Å². The lowest BCUT2D eigenvalue weighted by molar-refractivity contribution is 0.104. The highest BCUT2D eigenvalue weighted by molar-refractivity contribution is 5.84. The Balaban J connectivity index is 1.45. The Bertz CT molecular complexity index is 929. The summed E-state index contributed by atoms with van der Waals surface area (Å²) < 4.78 is 17.5. The molecule has 0 radical (unpaired) electrons. The van der Waals surface area contributed by atoms with Gasteiger partial charge >= 0.3 is 6.09 Å². The summed E-state index contributed by atoms with van der Waals surface area (Å²) in [6.45, 7) is 3.35. The van der Waals surface area contributed by atoms with Gasteiger partial charge in [-0.15, -0.1) is 0 Å². The second-order valence-electron chi connectivity index (χ2n) is 9.76. The molecule has 2 aliphatic rings. The number of rotatable bonds is 10. The zero-order valence-electron chi connectivity index (χ0n) is 19.4. The topological polar surface area (TPSA) is 88.3 Å². The summed E-state index contributed by atoms with van der Waals surface area (Å²) in [7, 11) is 5.82. The molecular formula is C24H35N3O5. The number of carbonyl (C=O) groups is 1.